The number of alkyl halides is 3. The molecule has 13 heteroatoms. The lowest BCUT2D eigenvalue weighted by Gasteiger charge is -2.12. The van der Waals surface area contributed by atoms with E-state index in [2.05, 4.69) is 26.2 Å². The van der Waals surface area contributed by atoms with Crippen molar-refractivity contribution in [2.45, 2.75) is 19.5 Å². The summed E-state index contributed by atoms with van der Waals surface area (Å²) in [5.74, 6) is -0.747. The van der Waals surface area contributed by atoms with Crippen molar-refractivity contribution >= 4 is 34.1 Å². The minimum absolute atomic E-state index is 0.441. The van der Waals surface area contributed by atoms with Gasteiger partial charge in [0.25, 0.3) is 0 Å². The van der Waals surface area contributed by atoms with Gasteiger partial charge in [0.05, 0.1) is 23.5 Å². The van der Waals surface area contributed by atoms with Gasteiger partial charge in [-0.2, -0.15) is 23.5 Å². The van der Waals surface area contributed by atoms with Crippen molar-refractivity contribution in [1.29, 1.82) is 5.26 Å². The number of aryl methyl sites for hydroxylation is 1. The predicted molar refractivity (Wildman–Crippen MR) is 127 cm³/mol. The van der Waals surface area contributed by atoms with Crippen LogP contribution in [0.2, 0.25) is 5.02 Å². The van der Waals surface area contributed by atoms with E-state index >= 15 is 0 Å². The summed E-state index contributed by atoms with van der Waals surface area (Å²) >= 11 is 6.12. The van der Waals surface area contributed by atoms with Crippen molar-refractivity contribution in [2.75, 3.05) is 0 Å². The number of carbonyl (C=O) groups is 1. The first kappa shape index (κ1) is 25.5. The van der Waals surface area contributed by atoms with Crippen molar-refractivity contribution < 1.29 is 27.8 Å². The molecule has 4 heterocycles. The molecule has 9 nitrogen and oxygen atoms in total. The Morgan fingerprint density at radius 3 is 2.73 bits per heavy atom. The summed E-state index contributed by atoms with van der Waals surface area (Å²) in [6.07, 6.45) is 0.950. The van der Waals surface area contributed by atoms with E-state index in [1.54, 1.807) is 30.6 Å². The number of hydrogen-bond donors (Lipinski definition) is 2. The highest BCUT2D eigenvalue weighted by Crippen LogP contribution is 2.32. The van der Waals surface area contributed by atoms with Crippen molar-refractivity contribution in [2.24, 2.45) is 0 Å². The van der Waals surface area contributed by atoms with E-state index in [9.17, 15) is 18.4 Å². The van der Waals surface area contributed by atoms with Crippen LogP contribution in [0, 0.1) is 18.3 Å². The number of ether oxygens (including phenoxy) is 1. The summed E-state index contributed by atoms with van der Waals surface area (Å²) in [4.78, 5) is 17.8. The van der Waals surface area contributed by atoms with Crippen LogP contribution in [-0.4, -0.2) is 41.8 Å². The largest absolute Gasteiger partial charge is 0.490 e. The molecule has 0 fully saturated rings. The van der Waals surface area contributed by atoms with Gasteiger partial charge in [-0.05, 0) is 48.9 Å². The standard InChI is InChI=1S/C22H15ClN6O.C2HF3O2/c1-13-4-6-29-19(21(13)30-16-8-14(11-24)7-15(23)9-16)12-26-20(29)10-18-17-3-2-5-25-22(17)28-27-18;3-2(4,5)1(6)7/h2-9,12H,10H2,1H3,(H,25,27,28);(H,6,7). The van der Waals surface area contributed by atoms with Gasteiger partial charge in [-0.1, -0.05) is 11.6 Å². The predicted octanol–water partition coefficient (Wildman–Crippen LogP) is 5.46. The number of H-pyrrole nitrogens is 1. The van der Waals surface area contributed by atoms with E-state index in [1.165, 1.54) is 0 Å². The zero-order valence-corrected chi connectivity index (χ0v) is 19.7. The first-order chi connectivity index (χ1) is 17.6. The summed E-state index contributed by atoms with van der Waals surface area (Å²) in [5, 5.41) is 25.0. The van der Waals surface area contributed by atoms with E-state index in [-0.39, 0.29) is 0 Å². The van der Waals surface area contributed by atoms with Gasteiger partial charge in [0.15, 0.2) is 11.4 Å². The number of fused-ring (bicyclic) bond motifs is 2. The maximum atomic E-state index is 10.6. The SMILES string of the molecule is Cc1ccn2c(Cc3[nH]nc4ncccc34)ncc2c1Oc1cc(Cl)cc(C#N)c1.O=C(O)C(F)(F)F. The van der Waals surface area contributed by atoms with Gasteiger partial charge >= 0.3 is 12.1 Å². The molecule has 1 aromatic carbocycles. The van der Waals surface area contributed by atoms with E-state index < -0.39 is 12.1 Å². The molecule has 0 bridgehead atoms. The first-order valence-electron chi connectivity index (χ1n) is 10.5. The molecular weight excluding hydrogens is 513 g/mol. The van der Waals surface area contributed by atoms with Crippen molar-refractivity contribution in [1.82, 2.24) is 24.6 Å². The summed E-state index contributed by atoms with van der Waals surface area (Å²) in [7, 11) is 0. The maximum absolute atomic E-state index is 10.6. The quantitative estimate of drug-likeness (QED) is 0.317. The number of nitriles is 1. The van der Waals surface area contributed by atoms with Gasteiger partial charge in [-0.25, -0.2) is 14.8 Å². The van der Waals surface area contributed by atoms with Gasteiger partial charge in [-0.3, -0.25) is 5.10 Å². The number of rotatable bonds is 4. The summed E-state index contributed by atoms with van der Waals surface area (Å²) in [5.41, 5.74) is 3.84. The molecule has 37 heavy (non-hydrogen) atoms. The monoisotopic (exact) mass is 528 g/mol. The molecule has 4 aromatic heterocycles. The van der Waals surface area contributed by atoms with Gasteiger partial charge in [-0.15, -0.1) is 0 Å². The Balaban J connectivity index is 0.000000405. The lowest BCUT2D eigenvalue weighted by Crippen LogP contribution is -2.21. The smallest absolute Gasteiger partial charge is 0.475 e. The third-order valence-electron chi connectivity index (χ3n) is 5.14. The van der Waals surface area contributed by atoms with E-state index in [1.807, 2.05) is 35.7 Å². The highest BCUT2D eigenvalue weighted by atomic mass is 35.5. The van der Waals surface area contributed by atoms with E-state index in [0.717, 1.165) is 28.0 Å². The summed E-state index contributed by atoms with van der Waals surface area (Å²) in [6.45, 7) is 1.96. The molecule has 0 radical (unpaired) electrons. The Morgan fingerprint density at radius 1 is 1.27 bits per heavy atom. The molecule has 0 aliphatic heterocycles. The summed E-state index contributed by atoms with van der Waals surface area (Å²) in [6, 6.07) is 12.9. The maximum Gasteiger partial charge on any atom is 0.490 e. The van der Waals surface area contributed by atoms with Crippen molar-refractivity contribution in [3.05, 3.63) is 82.7 Å². The van der Waals surface area contributed by atoms with E-state index in [0.29, 0.717) is 34.2 Å². The number of benzene rings is 1. The minimum atomic E-state index is -5.08. The first-order valence-corrected chi connectivity index (χ1v) is 10.9. The van der Waals surface area contributed by atoms with Gasteiger partial charge in [0.2, 0.25) is 0 Å². The number of halogens is 4. The van der Waals surface area contributed by atoms with Crippen LogP contribution in [0.3, 0.4) is 0 Å². The average molecular weight is 529 g/mol. The minimum Gasteiger partial charge on any atom is -0.475 e. The number of aromatic amines is 1. The molecular formula is C24H16ClF3N6O3. The number of nitrogens with zero attached hydrogens (tertiary/aromatic N) is 5. The molecule has 5 aromatic rings. The molecule has 0 aliphatic carbocycles. The number of imidazole rings is 1. The molecule has 0 unspecified atom stereocenters. The second kappa shape index (κ2) is 10.2. The lowest BCUT2D eigenvalue weighted by molar-refractivity contribution is -0.192. The van der Waals surface area contributed by atoms with Crippen LogP contribution < -0.4 is 4.74 Å². The zero-order chi connectivity index (χ0) is 26.7. The van der Waals surface area contributed by atoms with Crippen LogP contribution in [-0.2, 0) is 11.2 Å². The number of carboxylic acids is 1. The Kier molecular flexibility index (Phi) is 6.99. The average Bonchev–Trinajstić information content (AvgIpc) is 3.45. The van der Waals surface area contributed by atoms with Crippen LogP contribution >= 0.6 is 11.6 Å². The Labute approximate surface area is 211 Å². The highest BCUT2D eigenvalue weighted by molar-refractivity contribution is 6.30. The molecule has 188 valence electrons. The van der Waals surface area contributed by atoms with Crippen LogP contribution in [0.25, 0.3) is 16.6 Å². The molecule has 0 saturated heterocycles. The third-order valence-corrected chi connectivity index (χ3v) is 5.36. The Hall–Kier alpha value is -4.63. The number of hydrogen-bond acceptors (Lipinski definition) is 6. The molecule has 0 spiro atoms. The third kappa shape index (κ3) is 5.62. The van der Waals surface area contributed by atoms with Crippen molar-refractivity contribution in [3.8, 4) is 17.6 Å². The van der Waals surface area contributed by atoms with Crippen LogP contribution in [0.15, 0.2) is 55.0 Å². The fraction of sp³-hybridized carbons (Fsp3) is 0.125. The molecule has 0 atom stereocenters. The topological polar surface area (TPSA) is 129 Å². The Morgan fingerprint density at radius 2 is 2.03 bits per heavy atom. The molecule has 5 rings (SSSR count). The Bertz CT molecular complexity index is 1660. The van der Waals surface area contributed by atoms with Gasteiger partial charge in [0.1, 0.15) is 17.1 Å². The molecule has 2 N–H and O–H groups in total. The fourth-order valence-corrected chi connectivity index (χ4v) is 3.69. The molecule has 0 amide bonds. The molecule has 0 saturated carbocycles. The second-order valence-corrected chi connectivity index (χ2v) is 8.14. The number of pyridine rings is 2. The number of aromatic nitrogens is 5. The lowest BCUT2D eigenvalue weighted by atomic mass is 10.2. The van der Waals surface area contributed by atoms with Gasteiger partial charge in [0, 0.05) is 29.2 Å². The molecule has 0 aliphatic rings. The van der Waals surface area contributed by atoms with Crippen molar-refractivity contribution in [3.63, 3.8) is 0 Å². The zero-order valence-electron chi connectivity index (χ0n) is 18.9. The normalized spacial score (nSPS) is 11.1. The highest BCUT2D eigenvalue weighted by Gasteiger charge is 2.38. The fourth-order valence-electron chi connectivity index (χ4n) is 3.46. The van der Waals surface area contributed by atoms with Crippen LogP contribution in [0.4, 0.5) is 13.2 Å². The number of nitrogens with one attached hydrogen (secondary N) is 1. The van der Waals surface area contributed by atoms with E-state index in [4.69, 9.17) is 26.2 Å². The number of aliphatic carboxylic acids is 1. The van der Waals surface area contributed by atoms with Crippen LogP contribution in [0.5, 0.6) is 11.5 Å². The summed E-state index contributed by atoms with van der Waals surface area (Å²) < 4.78 is 39.9. The number of carboxylic acid groups (broad SMARTS) is 1. The van der Waals surface area contributed by atoms with Gasteiger partial charge < -0.3 is 14.2 Å². The van der Waals surface area contributed by atoms with Crippen LogP contribution in [0.1, 0.15) is 22.6 Å². The second-order valence-electron chi connectivity index (χ2n) is 7.70.